The highest BCUT2D eigenvalue weighted by Gasteiger charge is 2.33. The van der Waals surface area contributed by atoms with Crippen molar-refractivity contribution in [3.05, 3.63) is 17.7 Å². The van der Waals surface area contributed by atoms with Crippen LogP contribution in [0.15, 0.2) is 6.20 Å². The zero-order valence-corrected chi connectivity index (χ0v) is 16.7. The summed E-state index contributed by atoms with van der Waals surface area (Å²) in [6.07, 6.45) is 9.55. The van der Waals surface area contributed by atoms with Crippen molar-refractivity contribution in [3.63, 3.8) is 0 Å². The first kappa shape index (κ1) is 18.5. The van der Waals surface area contributed by atoms with Gasteiger partial charge in [-0.25, -0.2) is 4.98 Å². The van der Waals surface area contributed by atoms with Gasteiger partial charge in [-0.2, -0.15) is 0 Å². The summed E-state index contributed by atoms with van der Waals surface area (Å²) in [6.45, 7) is 6.91. The lowest BCUT2D eigenvalue weighted by molar-refractivity contribution is -0.141. The Morgan fingerprint density at radius 3 is 2.15 bits per heavy atom. The highest BCUT2D eigenvalue weighted by atomic mass is 16.2. The standard InChI is InChI=1S/C21H32N4O2/c1-15-14-22-20(17-4-3-5-17)25(15)19-8-12-24(13-9-19)21(27)18-6-10-23(11-7-18)16(2)26/h14,17-19H,3-13H2,1-2H3. The van der Waals surface area contributed by atoms with E-state index in [1.54, 1.807) is 6.92 Å². The van der Waals surface area contributed by atoms with Crippen molar-refractivity contribution in [1.82, 2.24) is 19.4 Å². The van der Waals surface area contributed by atoms with Gasteiger partial charge in [-0.3, -0.25) is 9.59 Å². The Bertz CT molecular complexity index is 693. The number of aromatic nitrogens is 2. The van der Waals surface area contributed by atoms with Crippen LogP contribution in [0.2, 0.25) is 0 Å². The second-order valence-corrected chi connectivity index (χ2v) is 8.59. The fourth-order valence-electron chi connectivity index (χ4n) is 4.95. The Morgan fingerprint density at radius 1 is 0.963 bits per heavy atom. The van der Waals surface area contributed by atoms with E-state index in [0.717, 1.165) is 51.9 Å². The maximum absolute atomic E-state index is 12.9. The normalized spacial score (nSPS) is 22.7. The van der Waals surface area contributed by atoms with E-state index in [1.165, 1.54) is 30.8 Å². The van der Waals surface area contributed by atoms with Gasteiger partial charge in [0.15, 0.2) is 0 Å². The zero-order chi connectivity index (χ0) is 19.0. The number of likely N-dealkylation sites (tertiary alicyclic amines) is 2. The molecule has 6 heteroatoms. The van der Waals surface area contributed by atoms with Crippen molar-refractivity contribution in [2.24, 2.45) is 5.92 Å². The van der Waals surface area contributed by atoms with Crippen molar-refractivity contribution in [1.29, 1.82) is 0 Å². The third-order valence-electron chi connectivity index (χ3n) is 6.91. The molecule has 3 fully saturated rings. The van der Waals surface area contributed by atoms with E-state index < -0.39 is 0 Å². The predicted molar refractivity (Wildman–Crippen MR) is 103 cm³/mol. The van der Waals surface area contributed by atoms with Crippen LogP contribution in [0.5, 0.6) is 0 Å². The fraction of sp³-hybridized carbons (Fsp3) is 0.762. The van der Waals surface area contributed by atoms with Gasteiger partial charge >= 0.3 is 0 Å². The van der Waals surface area contributed by atoms with E-state index in [9.17, 15) is 9.59 Å². The summed E-state index contributed by atoms with van der Waals surface area (Å²) in [7, 11) is 0. The summed E-state index contributed by atoms with van der Waals surface area (Å²) in [5, 5.41) is 0. The van der Waals surface area contributed by atoms with Crippen molar-refractivity contribution in [2.75, 3.05) is 26.2 Å². The van der Waals surface area contributed by atoms with Crippen LogP contribution < -0.4 is 0 Å². The Morgan fingerprint density at radius 2 is 1.59 bits per heavy atom. The maximum atomic E-state index is 12.9. The minimum Gasteiger partial charge on any atom is -0.343 e. The monoisotopic (exact) mass is 372 g/mol. The third kappa shape index (κ3) is 3.63. The van der Waals surface area contributed by atoms with Crippen LogP contribution in [0.3, 0.4) is 0 Å². The highest BCUT2D eigenvalue weighted by molar-refractivity contribution is 5.79. The van der Waals surface area contributed by atoms with Crippen LogP contribution in [-0.2, 0) is 9.59 Å². The average molecular weight is 373 g/mol. The molecule has 0 unspecified atom stereocenters. The quantitative estimate of drug-likeness (QED) is 0.820. The molecular weight excluding hydrogens is 340 g/mol. The van der Waals surface area contributed by atoms with Gasteiger partial charge in [-0.1, -0.05) is 6.42 Å². The SMILES string of the molecule is CC(=O)N1CCC(C(=O)N2CCC(n3c(C)cnc3C3CCC3)CC2)CC1. The van der Waals surface area contributed by atoms with E-state index in [1.807, 2.05) is 11.1 Å². The molecule has 3 heterocycles. The molecule has 2 aliphatic heterocycles. The van der Waals surface area contributed by atoms with Crippen molar-refractivity contribution < 1.29 is 9.59 Å². The van der Waals surface area contributed by atoms with Gasteiger partial charge in [0.25, 0.3) is 0 Å². The molecule has 2 saturated heterocycles. The van der Waals surface area contributed by atoms with Gasteiger partial charge < -0.3 is 14.4 Å². The summed E-state index contributed by atoms with van der Waals surface area (Å²) in [6, 6.07) is 0.478. The number of rotatable bonds is 3. The summed E-state index contributed by atoms with van der Waals surface area (Å²) in [5.41, 5.74) is 1.26. The van der Waals surface area contributed by atoms with Gasteiger partial charge in [0.2, 0.25) is 11.8 Å². The zero-order valence-electron chi connectivity index (χ0n) is 16.7. The number of carbonyl (C=O) groups is 2. The summed E-state index contributed by atoms with van der Waals surface area (Å²) < 4.78 is 2.47. The molecule has 0 aromatic carbocycles. The highest BCUT2D eigenvalue weighted by Crippen LogP contribution is 2.38. The van der Waals surface area contributed by atoms with Crippen LogP contribution in [0.1, 0.15) is 75.3 Å². The molecule has 1 aromatic rings. The topological polar surface area (TPSA) is 58.4 Å². The Kier molecular flexibility index (Phi) is 5.24. The van der Waals surface area contributed by atoms with Gasteiger partial charge in [-0.15, -0.1) is 0 Å². The summed E-state index contributed by atoms with van der Waals surface area (Å²) in [4.78, 5) is 33.0. The minimum atomic E-state index is 0.0951. The Balaban J connectivity index is 1.34. The molecule has 0 N–H and O–H groups in total. The molecule has 0 atom stereocenters. The second kappa shape index (κ2) is 7.64. The molecule has 6 nitrogen and oxygen atoms in total. The molecule has 1 aromatic heterocycles. The molecule has 2 amide bonds. The number of hydrogen-bond donors (Lipinski definition) is 0. The van der Waals surface area contributed by atoms with Crippen LogP contribution in [0.4, 0.5) is 0 Å². The minimum absolute atomic E-state index is 0.0951. The number of aryl methyl sites for hydroxylation is 1. The van der Waals surface area contributed by atoms with Gasteiger partial charge in [-0.05, 0) is 45.4 Å². The van der Waals surface area contributed by atoms with Crippen LogP contribution in [0.25, 0.3) is 0 Å². The lowest BCUT2D eigenvalue weighted by atomic mass is 9.84. The third-order valence-corrected chi connectivity index (χ3v) is 6.91. The van der Waals surface area contributed by atoms with Gasteiger partial charge in [0.1, 0.15) is 5.82 Å². The van der Waals surface area contributed by atoms with E-state index in [0.29, 0.717) is 17.9 Å². The predicted octanol–water partition coefficient (Wildman–Crippen LogP) is 2.88. The van der Waals surface area contributed by atoms with Crippen molar-refractivity contribution >= 4 is 11.8 Å². The fourth-order valence-corrected chi connectivity index (χ4v) is 4.95. The summed E-state index contributed by atoms with van der Waals surface area (Å²) >= 11 is 0. The van der Waals surface area contributed by atoms with E-state index in [-0.39, 0.29) is 11.8 Å². The number of carbonyl (C=O) groups excluding carboxylic acids is 2. The molecule has 27 heavy (non-hydrogen) atoms. The number of hydrogen-bond acceptors (Lipinski definition) is 3. The van der Waals surface area contributed by atoms with E-state index in [4.69, 9.17) is 4.98 Å². The molecule has 4 rings (SSSR count). The lowest BCUT2D eigenvalue weighted by Gasteiger charge is -2.38. The number of amides is 2. The first-order chi connectivity index (χ1) is 13.0. The van der Waals surface area contributed by atoms with Crippen LogP contribution >= 0.6 is 0 Å². The lowest BCUT2D eigenvalue weighted by Crippen LogP contribution is -2.46. The van der Waals surface area contributed by atoms with Crippen molar-refractivity contribution in [2.45, 2.75) is 70.8 Å². The van der Waals surface area contributed by atoms with Crippen LogP contribution in [0, 0.1) is 12.8 Å². The van der Waals surface area contributed by atoms with E-state index >= 15 is 0 Å². The van der Waals surface area contributed by atoms with Crippen molar-refractivity contribution in [3.8, 4) is 0 Å². The Hall–Kier alpha value is -1.85. The average Bonchev–Trinajstić information content (AvgIpc) is 3.01. The summed E-state index contributed by atoms with van der Waals surface area (Å²) in [5.74, 6) is 2.44. The van der Waals surface area contributed by atoms with E-state index in [2.05, 4.69) is 16.4 Å². The molecular formula is C21H32N4O2. The Labute approximate surface area is 161 Å². The molecule has 0 bridgehead atoms. The second-order valence-electron chi connectivity index (χ2n) is 8.59. The molecule has 0 radical (unpaired) electrons. The molecule has 148 valence electrons. The molecule has 3 aliphatic rings. The first-order valence-corrected chi connectivity index (χ1v) is 10.6. The number of piperidine rings is 2. The van der Waals surface area contributed by atoms with Crippen LogP contribution in [-0.4, -0.2) is 57.3 Å². The van der Waals surface area contributed by atoms with Gasteiger partial charge in [0, 0.05) is 62.9 Å². The first-order valence-electron chi connectivity index (χ1n) is 10.6. The maximum Gasteiger partial charge on any atom is 0.225 e. The molecule has 1 saturated carbocycles. The molecule has 0 spiro atoms. The number of imidazole rings is 1. The largest absolute Gasteiger partial charge is 0.343 e. The molecule has 1 aliphatic carbocycles. The smallest absolute Gasteiger partial charge is 0.225 e. The van der Waals surface area contributed by atoms with Gasteiger partial charge in [0.05, 0.1) is 0 Å². The number of nitrogens with zero attached hydrogens (tertiary/aromatic N) is 4.